The van der Waals surface area contributed by atoms with Crippen LogP contribution in [0.4, 0.5) is 8.78 Å². The third-order valence-corrected chi connectivity index (χ3v) is 2.19. The average Bonchev–Trinajstić information content (AvgIpc) is 2.16. The van der Waals surface area contributed by atoms with Gasteiger partial charge in [0.2, 0.25) is 0 Å². The van der Waals surface area contributed by atoms with E-state index in [0.29, 0.717) is 16.6 Å². The van der Waals surface area contributed by atoms with Gasteiger partial charge in [0.1, 0.15) is 0 Å². The summed E-state index contributed by atoms with van der Waals surface area (Å²) < 4.78 is 27.2. The van der Waals surface area contributed by atoms with Crippen LogP contribution in [0.15, 0.2) is 40.9 Å². The quantitative estimate of drug-likeness (QED) is 0.861. The molecule has 0 spiro atoms. The van der Waals surface area contributed by atoms with Gasteiger partial charge >= 0.3 is 5.97 Å². The van der Waals surface area contributed by atoms with Crippen LogP contribution in [0.5, 0.6) is 0 Å². The monoisotopic (exact) mass is 276 g/mol. The van der Waals surface area contributed by atoms with Crippen molar-refractivity contribution in [3.8, 4) is 0 Å². The summed E-state index contributed by atoms with van der Waals surface area (Å²) in [5.41, 5.74) is -0.247. The van der Waals surface area contributed by atoms with Crippen molar-refractivity contribution in [1.29, 1.82) is 0 Å². The smallest absolute Gasteiger partial charge is 0.328 e. The Morgan fingerprint density at radius 3 is 2.33 bits per heavy atom. The minimum absolute atomic E-state index is 0.247. The number of rotatable bonds is 3. The molecule has 15 heavy (non-hydrogen) atoms. The Bertz CT molecular complexity index is 385. The van der Waals surface area contributed by atoms with Crippen LogP contribution in [0.3, 0.4) is 0 Å². The van der Waals surface area contributed by atoms with Crippen molar-refractivity contribution in [2.24, 2.45) is 0 Å². The molecule has 0 heterocycles. The second kappa shape index (κ2) is 4.53. The molecule has 0 saturated heterocycles. The molecule has 0 saturated carbocycles. The highest BCUT2D eigenvalue weighted by Gasteiger charge is 2.27. The first-order chi connectivity index (χ1) is 6.92. The van der Waals surface area contributed by atoms with E-state index >= 15 is 0 Å². The highest BCUT2D eigenvalue weighted by molar-refractivity contribution is 9.10. The fourth-order valence-corrected chi connectivity index (χ4v) is 1.21. The molecule has 0 bridgehead atoms. The second-order valence-corrected chi connectivity index (χ2v) is 3.72. The molecule has 0 amide bonds. The van der Waals surface area contributed by atoms with Crippen LogP contribution >= 0.6 is 15.9 Å². The maximum absolute atomic E-state index is 13.3. The summed E-state index contributed by atoms with van der Waals surface area (Å²) in [7, 11) is 0. The van der Waals surface area contributed by atoms with Crippen molar-refractivity contribution in [3.05, 3.63) is 46.5 Å². The number of halogens is 3. The fraction of sp³-hybridized carbons (Fsp3) is 0.100. The van der Waals surface area contributed by atoms with Gasteiger partial charge in [-0.15, -0.1) is 0 Å². The van der Waals surface area contributed by atoms with Gasteiger partial charge in [-0.1, -0.05) is 28.1 Å². The zero-order chi connectivity index (χ0) is 11.5. The van der Waals surface area contributed by atoms with Crippen molar-refractivity contribution < 1.29 is 18.7 Å². The topological polar surface area (TPSA) is 37.3 Å². The molecule has 1 N–H and O–H groups in total. The van der Waals surface area contributed by atoms with Gasteiger partial charge in [-0.25, -0.2) is 4.79 Å². The summed E-state index contributed by atoms with van der Waals surface area (Å²) in [5, 5.41) is 8.24. The summed E-state index contributed by atoms with van der Waals surface area (Å²) in [4.78, 5) is 10.1. The highest BCUT2D eigenvalue weighted by Crippen LogP contribution is 2.30. The van der Waals surface area contributed by atoms with Crippen LogP contribution in [-0.4, -0.2) is 11.1 Å². The first kappa shape index (κ1) is 11.8. The summed E-state index contributed by atoms with van der Waals surface area (Å²) in [6.45, 7) is 0. The van der Waals surface area contributed by atoms with Crippen LogP contribution in [0, 0.1) is 0 Å². The fourth-order valence-electron chi connectivity index (χ4n) is 0.944. The standard InChI is InChI=1S/C10H7BrF2O2/c11-8-3-1-7(2-4-8)10(12,13)6-5-9(14)15/h1-6H,(H,14,15)/b6-5+. The summed E-state index contributed by atoms with van der Waals surface area (Å²) in [6, 6.07) is 5.41. The maximum atomic E-state index is 13.3. The van der Waals surface area contributed by atoms with Crippen LogP contribution in [0.25, 0.3) is 0 Å². The Morgan fingerprint density at radius 2 is 1.87 bits per heavy atom. The van der Waals surface area contributed by atoms with E-state index in [9.17, 15) is 13.6 Å². The molecular formula is C10H7BrF2O2. The molecule has 0 atom stereocenters. The maximum Gasteiger partial charge on any atom is 0.328 e. The Kier molecular flexibility index (Phi) is 3.57. The molecule has 80 valence electrons. The van der Waals surface area contributed by atoms with E-state index in [1.807, 2.05) is 0 Å². The van der Waals surface area contributed by atoms with E-state index in [0.717, 1.165) is 0 Å². The first-order valence-corrected chi connectivity index (χ1v) is 4.77. The summed E-state index contributed by atoms with van der Waals surface area (Å²) >= 11 is 3.12. The lowest BCUT2D eigenvalue weighted by Crippen LogP contribution is -2.09. The molecule has 0 aliphatic rings. The third kappa shape index (κ3) is 3.43. The van der Waals surface area contributed by atoms with Crippen LogP contribution in [0.1, 0.15) is 5.56 Å². The van der Waals surface area contributed by atoms with Gasteiger partial charge in [0.25, 0.3) is 5.92 Å². The molecule has 0 radical (unpaired) electrons. The Morgan fingerprint density at radius 1 is 1.33 bits per heavy atom. The summed E-state index contributed by atoms with van der Waals surface area (Å²) in [5.74, 6) is -4.66. The molecule has 1 aromatic carbocycles. The van der Waals surface area contributed by atoms with Gasteiger partial charge in [0, 0.05) is 16.1 Å². The number of carboxylic acids is 1. The van der Waals surface area contributed by atoms with Crippen LogP contribution < -0.4 is 0 Å². The lowest BCUT2D eigenvalue weighted by Gasteiger charge is -2.11. The largest absolute Gasteiger partial charge is 0.478 e. The van der Waals surface area contributed by atoms with Gasteiger partial charge in [0.15, 0.2) is 0 Å². The van der Waals surface area contributed by atoms with Gasteiger partial charge < -0.3 is 5.11 Å². The number of hydrogen-bond donors (Lipinski definition) is 1. The lowest BCUT2D eigenvalue weighted by molar-refractivity contribution is -0.131. The molecule has 0 aliphatic carbocycles. The van der Waals surface area contributed by atoms with Crippen molar-refractivity contribution >= 4 is 21.9 Å². The Balaban J connectivity index is 2.95. The predicted molar refractivity (Wildman–Crippen MR) is 54.8 cm³/mol. The molecule has 2 nitrogen and oxygen atoms in total. The number of aliphatic carboxylic acids is 1. The normalized spacial score (nSPS) is 11.9. The van der Waals surface area contributed by atoms with Gasteiger partial charge in [0.05, 0.1) is 0 Å². The van der Waals surface area contributed by atoms with E-state index in [1.165, 1.54) is 24.3 Å². The molecule has 0 aromatic heterocycles. The second-order valence-electron chi connectivity index (χ2n) is 2.80. The number of benzene rings is 1. The lowest BCUT2D eigenvalue weighted by atomic mass is 10.1. The van der Waals surface area contributed by atoms with Gasteiger partial charge in [-0.2, -0.15) is 8.78 Å². The number of carboxylic acid groups (broad SMARTS) is 1. The number of hydrogen-bond acceptors (Lipinski definition) is 1. The minimum Gasteiger partial charge on any atom is -0.478 e. The molecule has 1 rings (SSSR count). The number of allylic oxidation sites excluding steroid dienone is 1. The third-order valence-electron chi connectivity index (χ3n) is 1.66. The van der Waals surface area contributed by atoms with Crippen molar-refractivity contribution in [3.63, 3.8) is 0 Å². The van der Waals surface area contributed by atoms with Crippen molar-refractivity contribution in [2.75, 3.05) is 0 Å². The average molecular weight is 277 g/mol. The molecular weight excluding hydrogens is 270 g/mol. The molecule has 1 aromatic rings. The molecule has 0 unspecified atom stereocenters. The van der Waals surface area contributed by atoms with Crippen molar-refractivity contribution in [2.45, 2.75) is 5.92 Å². The van der Waals surface area contributed by atoms with Gasteiger partial charge in [-0.05, 0) is 18.2 Å². The molecule has 5 heteroatoms. The highest BCUT2D eigenvalue weighted by atomic mass is 79.9. The first-order valence-electron chi connectivity index (χ1n) is 3.98. The van der Waals surface area contributed by atoms with E-state index in [4.69, 9.17) is 5.11 Å². The van der Waals surface area contributed by atoms with E-state index in [-0.39, 0.29) is 5.56 Å². The SMILES string of the molecule is O=C(O)/C=C/C(F)(F)c1ccc(Br)cc1. The van der Waals surface area contributed by atoms with E-state index in [2.05, 4.69) is 15.9 Å². The van der Waals surface area contributed by atoms with E-state index in [1.54, 1.807) is 0 Å². The van der Waals surface area contributed by atoms with E-state index < -0.39 is 11.9 Å². The zero-order valence-electron chi connectivity index (χ0n) is 7.45. The van der Waals surface area contributed by atoms with Gasteiger partial charge in [-0.3, -0.25) is 0 Å². The zero-order valence-corrected chi connectivity index (χ0v) is 9.04. The Hall–Kier alpha value is -1.23. The molecule has 0 fully saturated rings. The summed E-state index contributed by atoms with van der Waals surface area (Å²) in [6.07, 6.45) is 0.792. The van der Waals surface area contributed by atoms with Crippen LogP contribution in [-0.2, 0) is 10.7 Å². The van der Waals surface area contributed by atoms with Crippen LogP contribution in [0.2, 0.25) is 0 Å². The minimum atomic E-state index is -3.26. The number of alkyl halides is 2. The predicted octanol–water partition coefficient (Wildman–Crippen LogP) is 3.18. The Labute approximate surface area is 93.4 Å². The number of carbonyl (C=O) groups is 1. The molecule has 0 aliphatic heterocycles. The van der Waals surface area contributed by atoms with Crippen molar-refractivity contribution in [1.82, 2.24) is 0 Å².